The molecule has 5 rings (SSSR count). The molecule has 2 amide bonds. The van der Waals surface area contributed by atoms with Gasteiger partial charge in [-0.1, -0.05) is 18.2 Å². The van der Waals surface area contributed by atoms with Crippen molar-refractivity contribution in [2.24, 2.45) is 0 Å². The minimum Gasteiger partial charge on any atom is -0.493 e. The van der Waals surface area contributed by atoms with Gasteiger partial charge < -0.3 is 15.0 Å². The molecule has 0 spiro atoms. The number of nitrogens with one attached hydrogen (secondary N) is 1. The molecule has 148 valence electrons. The Balaban J connectivity index is 1.42. The van der Waals surface area contributed by atoms with Crippen LogP contribution in [0.2, 0.25) is 0 Å². The molecule has 5 nitrogen and oxygen atoms in total. The number of nitrogens with zero attached hydrogens (tertiary/aromatic N) is 1. The molecule has 0 saturated carbocycles. The standard InChI is InChI=1S/C23H22N2O3S/c26-22(21-13-15-5-1-2-7-20(15)29-21)24-16-8-9-19-18(14-16)23(27)25-11-4-3-6-17(25)10-12-28-19/h1-2,5,7-9,13-14,17H,3-4,6,10-12H2,(H,24,26)/t17-/m1/s1. The largest absolute Gasteiger partial charge is 0.493 e. The number of benzene rings is 2. The van der Waals surface area contributed by atoms with Crippen LogP contribution in [-0.4, -0.2) is 35.9 Å². The lowest BCUT2D eigenvalue weighted by atomic mass is 9.97. The molecule has 2 aliphatic rings. The van der Waals surface area contributed by atoms with Crippen LogP contribution in [0.3, 0.4) is 0 Å². The van der Waals surface area contributed by atoms with Crippen LogP contribution in [0.15, 0.2) is 48.5 Å². The van der Waals surface area contributed by atoms with Crippen molar-refractivity contribution in [1.29, 1.82) is 0 Å². The van der Waals surface area contributed by atoms with Crippen LogP contribution in [0.1, 0.15) is 45.7 Å². The molecule has 1 N–H and O–H groups in total. The molecular formula is C23H22N2O3S. The van der Waals surface area contributed by atoms with Gasteiger partial charge in [-0.3, -0.25) is 9.59 Å². The van der Waals surface area contributed by atoms with Crippen LogP contribution in [0.4, 0.5) is 5.69 Å². The Labute approximate surface area is 173 Å². The van der Waals surface area contributed by atoms with Crippen molar-refractivity contribution < 1.29 is 14.3 Å². The molecule has 0 radical (unpaired) electrons. The summed E-state index contributed by atoms with van der Waals surface area (Å²) in [6.07, 6.45) is 4.11. The molecule has 3 aromatic rings. The number of ether oxygens (including phenoxy) is 1. The van der Waals surface area contributed by atoms with E-state index < -0.39 is 0 Å². The van der Waals surface area contributed by atoms with E-state index >= 15 is 0 Å². The number of carbonyl (C=O) groups is 2. The van der Waals surface area contributed by atoms with E-state index in [-0.39, 0.29) is 17.9 Å². The van der Waals surface area contributed by atoms with Gasteiger partial charge in [-0.05, 0) is 55.0 Å². The van der Waals surface area contributed by atoms with Crippen LogP contribution in [0, 0.1) is 0 Å². The van der Waals surface area contributed by atoms with Crippen LogP contribution < -0.4 is 10.1 Å². The van der Waals surface area contributed by atoms with Gasteiger partial charge in [0, 0.05) is 29.4 Å². The zero-order chi connectivity index (χ0) is 19.8. The third kappa shape index (κ3) is 3.49. The number of anilines is 1. The summed E-state index contributed by atoms with van der Waals surface area (Å²) in [6, 6.07) is 15.4. The topological polar surface area (TPSA) is 58.6 Å². The van der Waals surface area contributed by atoms with E-state index in [9.17, 15) is 9.59 Å². The van der Waals surface area contributed by atoms with Gasteiger partial charge in [0.15, 0.2) is 0 Å². The second kappa shape index (κ2) is 7.52. The first-order chi connectivity index (χ1) is 14.2. The smallest absolute Gasteiger partial charge is 0.265 e. The fourth-order valence-corrected chi connectivity index (χ4v) is 5.17. The van der Waals surface area contributed by atoms with Gasteiger partial charge in [-0.2, -0.15) is 0 Å². The first-order valence-corrected chi connectivity index (χ1v) is 10.9. The van der Waals surface area contributed by atoms with Gasteiger partial charge in [-0.15, -0.1) is 11.3 Å². The maximum absolute atomic E-state index is 13.2. The van der Waals surface area contributed by atoms with Crippen molar-refractivity contribution in [2.45, 2.75) is 31.7 Å². The number of rotatable bonds is 2. The maximum atomic E-state index is 13.2. The molecule has 0 bridgehead atoms. The molecule has 2 aliphatic heterocycles. The summed E-state index contributed by atoms with van der Waals surface area (Å²) in [6.45, 7) is 1.40. The number of hydrogen-bond donors (Lipinski definition) is 1. The zero-order valence-corrected chi connectivity index (χ0v) is 16.8. The molecule has 6 heteroatoms. The Hall–Kier alpha value is -2.86. The van der Waals surface area contributed by atoms with E-state index in [0.29, 0.717) is 28.5 Å². The van der Waals surface area contributed by atoms with Gasteiger partial charge in [0.25, 0.3) is 11.8 Å². The Bertz CT molecular complexity index is 1060. The third-order valence-corrected chi connectivity index (χ3v) is 6.83. The maximum Gasteiger partial charge on any atom is 0.265 e. The predicted molar refractivity (Wildman–Crippen MR) is 115 cm³/mol. The number of hydrogen-bond acceptors (Lipinski definition) is 4. The average molecular weight is 407 g/mol. The van der Waals surface area contributed by atoms with Gasteiger partial charge in [-0.25, -0.2) is 0 Å². The minimum absolute atomic E-state index is 0.00219. The highest BCUT2D eigenvalue weighted by atomic mass is 32.1. The lowest BCUT2D eigenvalue weighted by Crippen LogP contribution is -2.45. The highest BCUT2D eigenvalue weighted by molar-refractivity contribution is 7.20. The Morgan fingerprint density at radius 3 is 2.90 bits per heavy atom. The van der Waals surface area contributed by atoms with E-state index in [1.807, 2.05) is 35.2 Å². The highest BCUT2D eigenvalue weighted by Crippen LogP contribution is 2.31. The summed E-state index contributed by atoms with van der Waals surface area (Å²) in [5.74, 6) is 0.433. The van der Waals surface area contributed by atoms with Crippen molar-refractivity contribution in [3.05, 3.63) is 59.0 Å². The van der Waals surface area contributed by atoms with Crippen molar-refractivity contribution in [1.82, 2.24) is 4.90 Å². The summed E-state index contributed by atoms with van der Waals surface area (Å²) in [5.41, 5.74) is 1.14. The average Bonchev–Trinajstić information content (AvgIpc) is 3.18. The van der Waals surface area contributed by atoms with Crippen molar-refractivity contribution in [2.75, 3.05) is 18.5 Å². The van der Waals surface area contributed by atoms with E-state index in [1.54, 1.807) is 18.2 Å². The summed E-state index contributed by atoms with van der Waals surface area (Å²) in [7, 11) is 0. The zero-order valence-electron chi connectivity index (χ0n) is 16.0. The highest BCUT2D eigenvalue weighted by Gasteiger charge is 2.31. The summed E-state index contributed by atoms with van der Waals surface area (Å²) in [4.78, 5) is 28.6. The van der Waals surface area contributed by atoms with Crippen molar-refractivity contribution in [3.63, 3.8) is 0 Å². The SMILES string of the molecule is O=C(Nc1ccc2c(c1)C(=O)N1CCCC[C@@H]1CCO2)c1cc2ccccc2s1. The molecule has 3 heterocycles. The molecule has 1 fully saturated rings. The summed E-state index contributed by atoms with van der Waals surface area (Å²) >= 11 is 1.46. The monoisotopic (exact) mass is 406 g/mol. The second-order valence-electron chi connectivity index (χ2n) is 7.60. The first-order valence-electron chi connectivity index (χ1n) is 10.1. The number of amides is 2. The van der Waals surface area contributed by atoms with Gasteiger partial charge >= 0.3 is 0 Å². The van der Waals surface area contributed by atoms with Crippen LogP contribution in [0.5, 0.6) is 5.75 Å². The van der Waals surface area contributed by atoms with Crippen LogP contribution >= 0.6 is 11.3 Å². The Kier molecular flexibility index (Phi) is 4.72. The van der Waals surface area contributed by atoms with Crippen LogP contribution in [-0.2, 0) is 0 Å². The number of fused-ring (bicyclic) bond motifs is 3. The fourth-order valence-electron chi connectivity index (χ4n) is 4.21. The van der Waals surface area contributed by atoms with E-state index in [0.717, 1.165) is 42.3 Å². The lowest BCUT2D eigenvalue weighted by Gasteiger charge is -2.37. The lowest BCUT2D eigenvalue weighted by molar-refractivity contribution is 0.0548. The molecule has 1 aromatic heterocycles. The molecule has 2 aromatic carbocycles. The quantitative estimate of drug-likeness (QED) is 0.656. The number of piperidine rings is 1. The van der Waals surface area contributed by atoms with E-state index in [1.165, 1.54) is 11.3 Å². The van der Waals surface area contributed by atoms with E-state index in [4.69, 9.17) is 4.74 Å². The van der Waals surface area contributed by atoms with Gasteiger partial charge in [0.2, 0.25) is 0 Å². The Morgan fingerprint density at radius 2 is 2.00 bits per heavy atom. The second-order valence-corrected chi connectivity index (χ2v) is 8.68. The van der Waals surface area contributed by atoms with Crippen molar-refractivity contribution >= 4 is 38.9 Å². The minimum atomic E-state index is -0.166. The van der Waals surface area contributed by atoms with Gasteiger partial charge in [0.1, 0.15) is 5.75 Å². The fraction of sp³-hybridized carbons (Fsp3) is 0.304. The first kappa shape index (κ1) is 18.2. The predicted octanol–water partition coefficient (Wildman–Crippen LogP) is 4.93. The third-order valence-electron chi connectivity index (χ3n) is 5.71. The molecule has 1 saturated heterocycles. The molecule has 29 heavy (non-hydrogen) atoms. The van der Waals surface area contributed by atoms with Gasteiger partial charge in [0.05, 0.1) is 17.0 Å². The van der Waals surface area contributed by atoms with Crippen LogP contribution in [0.25, 0.3) is 10.1 Å². The number of thiophene rings is 1. The van der Waals surface area contributed by atoms with Crippen molar-refractivity contribution in [3.8, 4) is 5.75 Å². The summed E-state index contributed by atoms with van der Waals surface area (Å²) < 4.78 is 6.95. The number of carbonyl (C=O) groups excluding carboxylic acids is 2. The molecule has 1 atom stereocenters. The molecule has 0 aliphatic carbocycles. The normalized spacial score (nSPS) is 19.0. The summed E-state index contributed by atoms with van der Waals surface area (Å²) in [5, 5.41) is 4.00. The molecule has 0 unspecified atom stereocenters. The van der Waals surface area contributed by atoms with E-state index in [2.05, 4.69) is 5.32 Å². The molecular weight excluding hydrogens is 384 g/mol. The Morgan fingerprint density at radius 1 is 1.10 bits per heavy atom.